The third-order valence-electron chi connectivity index (χ3n) is 2.77. The summed E-state index contributed by atoms with van der Waals surface area (Å²) >= 11 is 3.35. The van der Waals surface area contributed by atoms with Crippen molar-refractivity contribution < 1.29 is 18.3 Å². The minimum Gasteiger partial charge on any atom is -0.493 e. The van der Waals surface area contributed by atoms with Crippen LogP contribution in [0.4, 0.5) is 8.78 Å². The number of hydrogen-bond donors (Lipinski definition) is 0. The molecule has 20 heavy (non-hydrogen) atoms. The molecule has 0 saturated carbocycles. The molecule has 0 aliphatic heterocycles. The average molecular weight is 343 g/mol. The Hall–Kier alpha value is -1.62. The van der Waals surface area contributed by atoms with Gasteiger partial charge in [-0.2, -0.15) is 0 Å². The van der Waals surface area contributed by atoms with E-state index in [0.29, 0.717) is 16.8 Å². The van der Waals surface area contributed by atoms with Gasteiger partial charge in [-0.15, -0.1) is 0 Å². The fraction of sp³-hybridized carbons (Fsp3) is 0.200. The van der Waals surface area contributed by atoms with E-state index in [0.717, 1.165) is 23.8 Å². The van der Waals surface area contributed by atoms with Gasteiger partial charge >= 0.3 is 0 Å². The van der Waals surface area contributed by atoms with Gasteiger partial charge in [-0.1, -0.05) is 22.0 Å². The van der Waals surface area contributed by atoms with Gasteiger partial charge in [0.25, 0.3) is 0 Å². The summed E-state index contributed by atoms with van der Waals surface area (Å²) in [5, 5.41) is 0.697. The van der Waals surface area contributed by atoms with E-state index in [1.165, 1.54) is 7.11 Å². The van der Waals surface area contributed by atoms with Gasteiger partial charge in [0.05, 0.1) is 7.11 Å². The molecule has 106 valence electrons. The number of ether oxygens (including phenoxy) is 2. The maximum absolute atomic E-state index is 13.5. The lowest BCUT2D eigenvalue weighted by molar-refractivity contribution is 0.279. The Bertz CT molecular complexity index is 602. The van der Waals surface area contributed by atoms with E-state index in [1.54, 1.807) is 6.07 Å². The smallest absolute Gasteiger partial charge is 0.161 e. The Morgan fingerprint density at radius 2 is 1.85 bits per heavy atom. The van der Waals surface area contributed by atoms with Gasteiger partial charge in [0.15, 0.2) is 11.5 Å². The summed E-state index contributed by atoms with van der Waals surface area (Å²) in [4.78, 5) is 0. The normalized spacial score (nSPS) is 10.4. The number of rotatable bonds is 5. The van der Waals surface area contributed by atoms with Crippen LogP contribution in [0, 0.1) is 11.6 Å². The quantitative estimate of drug-likeness (QED) is 0.747. The zero-order chi connectivity index (χ0) is 14.5. The highest BCUT2D eigenvalue weighted by Gasteiger charge is 2.09. The number of methoxy groups -OCH3 is 1. The van der Waals surface area contributed by atoms with E-state index in [9.17, 15) is 8.78 Å². The molecule has 0 aromatic heterocycles. The van der Waals surface area contributed by atoms with Crippen molar-refractivity contribution in [2.45, 2.75) is 11.9 Å². The molecule has 2 rings (SSSR count). The van der Waals surface area contributed by atoms with Crippen LogP contribution in [0.5, 0.6) is 11.5 Å². The van der Waals surface area contributed by atoms with Gasteiger partial charge < -0.3 is 9.47 Å². The van der Waals surface area contributed by atoms with Gasteiger partial charge in [0, 0.05) is 10.9 Å². The Morgan fingerprint density at radius 3 is 2.55 bits per heavy atom. The highest BCUT2D eigenvalue weighted by molar-refractivity contribution is 9.08. The van der Waals surface area contributed by atoms with Gasteiger partial charge in [-0.05, 0) is 35.9 Å². The molecular weight excluding hydrogens is 330 g/mol. The van der Waals surface area contributed by atoms with E-state index in [4.69, 9.17) is 9.47 Å². The lowest BCUT2D eigenvalue weighted by atomic mass is 10.2. The molecule has 0 N–H and O–H groups in total. The van der Waals surface area contributed by atoms with Crippen molar-refractivity contribution in [3.05, 3.63) is 59.2 Å². The predicted octanol–water partition coefficient (Wildman–Crippen LogP) is 4.45. The van der Waals surface area contributed by atoms with Crippen LogP contribution in [0.3, 0.4) is 0 Å². The molecular formula is C15H13BrF2O2. The lowest BCUT2D eigenvalue weighted by Gasteiger charge is -2.12. The topological polar surface area (TPSA) is 18.5 Å². The molecule has 0 aliphatic carbocycles. The summed E-state index contributed by atoms with van der Waals surface area (Å²) in [5.41, 5.74) is 1.20. The summed E-state index contributed by atoms with van der Waals surface area (Å²) in [6, 6.07) is 8.71. The summed E-state index contributed by atoms with van der Waals surface area (Å²) in [6.07, 6.45) is 0. The molecule has 0 spiro atoms. The highest BCUT2D eigenvalue weighted by atomic mass is 79.9. The van der Waals surface area contributed by atoms with Crippen LogP contribution >= 0.6 is 15.9 Å². The second-order valence-corrected chi connectivity index (χ2v) is 4.70. The van der Waals surface area contributed by atoms with Gasteiger partial charge in [0.1, 0.15) is 18.2 Å². The number of halogens is 3. The first-order chi connectivity index (χ1) is 9.63. The Balaban J connectivity index is 2.16. The minimum absolute atomic E-state index is 0.0619. The molecule has 0 fully saturated rings. The van der Waals surface area contributed by atoms with Crippen LogP contribution in [-0.2, 0) is 11.9 Å². The monoisotopic (exact) mass is 342 g/mol. The second-order valence-electron chi connectivity index (χ2n) is 4.14. The molecule has 2 nitrogen and oxygen atoms in total. The van der Waals surface area contributed by atoms with E-state index in [1.807, 2.05) is 12.1 Å². The molecule has 0 saturated heterocycles. The first kappa shape index (κ1) is 14.8. The Labute approximate surface area is 124 Å². The maximum atomic E-state index is 13.5. The molecule has 2 aromatic carbocycles. The third-order valence-corrected chi connectivity index (χ3v) is 3.42. The van der Waals surface area contributed by atoms with Crippen LogP contribution in [0.2, 0.25) is 0 Å². The maximum Gasteiger partial charge on any atom is 0.161 e. The first-order valence-electron chi connectivity index (χ1n) is 5.93. The Kier molecular flexibility index (Phi) is 4.95. The van der Waals surface area contributed by atoms with E-state index >= 15 is 0 Å². The molecule has 0 bridgehead atoms. The standard InChI is InChI=1S/C15H13BrF2O2/c1-19-15-6-10(8-16)2-5-14(15)20-9-11-7-12(17)3-4-13(11)18/h2-7H,8-9H2,1H3. The first-order valence-corrected chi connectivity index (χ1v) is 7.06. The van der Waals surface area contributed by atoms with E-state index in [2.05, 4.69) is 15.9 Å². The second kappa shape index (κ2) is 6.70. The SMILES string of the molecule is COc1cc(CBr)ccc1OCc1cc(F)ccc1F. The number of hydrogen-bond acceptors (Lipinski definition) is 2. The molecule has 0 unspecified atom stereocenters. The van der Waals surface area contributed by atoms with Gasteiger partial charge in [-0.25, -0.2) is 8.78 Å². The molecule has 5 heteroatoms. The van der Waals surface area contributed by atoms with Crippen molar-refractivity contribution in [1.29, 1.82) is 0 Å². The highest BCUT2D eigenvalue weighted by Crippen LogP contribution is 2.29. The predicted molar refractivity (Wildman–Crippen MR) is 76.3 cm³/mol. The van der Waals surface area contributed by atoms with Gasteiger partial charge in [0.2, 0.25) is 0 Å². The van der Waals surface area contributed by atoms with E-state index < -0.39 is 11.6 Å². The molecule has 0 radical (unpaired) electrons. The van der Waals surface area contributed by atoms with Crippen molar-refractivity contribution in [3.63, 3.8) is 0 Å². The molecule has 2 aromatic rings. The summed E-state index contributed by atoms with van der Waals surface area (Å²) in [6.45, 7) is -0.0619. The molecule has 0 amide bonds. The van der Waals surface area contributed by atoms with Crippen LogP contribution in [0.1, 0.15) is 11.1 Å². The minimum atomic E-state index is -0.498. The summed E-state index contributed by atoms with van der Waals surface area (Å²) < 4.78 is 37.3. The largest absolute Gasteiger partial charge is 0.493 e. The number of alkyl halides is 1. The number of benzene rings is 2. The van der Waals surface area contributed by atoms with Crippen molar-refractivity contribution in [1.82, 2.24) is 0 Å². The van der Waals surface area contributed by atoms with Crippen molar-refractivity contribution in [3.8, 4) is 11.5 Å². The molecule has 0 heterocycles. The van der Waals surface area contributed by atoms with Crippen LogP contribution in [0.25, 0.3) is 0 Å². The zero-order valence-corrected chi connectivity index (χ0v) is 12.4. The summed E-state index contributed by atoms with van der Waals surface area (Å²) in [7, 11) is 1.53. The summed E-state index contributed by atoms with van der Waals surface area (Å²) in [5.74, 6) is 0.0497. The van der Waals surface area contributed by atoms with E-state index in [-0.39, 0.29) is 12.2 Å². The third kappa shape index (κ3) is 3.48. The zero-order valence-electron chi connectivity index (χ0n) is 10.8. The molecule has 0 atom stereocenters. The van der Waals surface area contributed by atoms with Crippen LogP contribution in [-0.4, -0.2) is 7.11 Å². The van der Waals surface area contributed by atoms with Crippen molar-refractivity contribution >= 4 is 15.9 Å². The Morgan fingerprint density at radius 1 is 1.05 bits per heavy atom. The fourth-order valence-electron chi connectivity index (χ4n) is 1.72. The average Bonchev–Trinajstić information content (AvgIpc) is 2.48. The van der Waals surface area contributed by atoms with Gasteiger partial charge in [-0.3, -0.25) is 0 Å². The van der Waals surface area contributed by atoms with Crippen LogP contribution < -0.4 is 9.47 Å². The fourth-order valence-corrected chi connectivity index (χ4v) is 2.07. The van der Waals surface area contributed by atoms with Crippen molar-refractivity contribution in [2.75, 3.05) is 7.11 Å². The van der Waals surface area contributed by atoms with Crippen LogP contribution in [0.15, 0.2) is 36.4 Å². The lowest BCUT2D eigenvalue weighted by Crippen LogP contribution is -2.01. The molecule has 0 aliphatic rings. The van der Waals surface area contributed by atoms with Crippen molar-refractivity contribution in [2.24, 2.45) is 0 Å².